The normalized spacial score (nSPS) is 17.3. The van der Waals surface area contributed by atoms with Crippen LogP contribution in [-0.2, 0) is 11.2 Å². The third-order valence-corrected chi connectivity index (χ3v) is 4.32. The maximum Gasteiger partial charge on any atom is 0.119 e. The highest BCUT2D eigenvalue weighted by Crippen LogP contribution is 2.19. The van der Waals surface area contributed by atoms with Gasteiger partial charge in [0, 0.05) is 0 Å². The Morgan fingerprint density at radius 1 is 0.958 bits per heavy atom. The van der Waals surface area contributed by atoms with E-state index >= 15 is 0 Å². The Balaban J connectivity index is 1.49. The summed E-state index contributed by atoms with van der Waals surface area (Å²) in [5.41, 5.74) is 2.56. The first kappa shape index (κ1) is 16.8. The van der Waals surface area contributed by atoms with Gasteiger partial charge >= 0.3 is 0 Å². The molecule has 2 atom stereocenters. The molecule has 2 aromatic carbocycles. The zero-order chi connectivity index (χ0) is 16.8. The van der Waals surface area contributed by atoms with Crippen LogP contribution in [0, 0.1) is 5.92 Å². The Morgan fingerprint density at radius 3 is 2.00 bits per heavy atom. The number of benzene rings is 2. The van der Waals surface area contributed by atoms with Crippen LogP contribution in [0.2, 0.25) is 0 Å². The minimum atomic E-state index is 0.297. The van der Waals surface area contributed by atoms with Gasteiger partial charge in [-0.2, -0.15) is 0 Å². The molecule has 0 aliphatic carbocycles. The highest BCUT2D eigenvalue weighted by Gasteiger charge is 2.22. The van der Waals surface area contributed by atoms with Crippen molar-refractivity contribution in [3.8, 4) is 11.5 Å². The summed E-state index contributed by atoms with van der Waals surface area (Å²) in [5.74, 6) is 2.45. The molecule has 1 saturated heterocycles. The predicted octanol–water partition coefficient (Wildman–Crippen LogP) is 4.48. The molecule has 3 rings (SSSR count). The van der Waals surface area contributed by atoms with Crippen molar-refractivity contribution < 1.29 is 14.2 Å². The molecule has 128 valence electrons. The van der Waals surface area contributed by atoms with Crippen molar-refractivity contribution in [2.75, 3.05) is 19.8 Å². The second-order valence-electron chi connectivity index (χ2n) is 6.56. The predicted molar refractivity (Wildman–Crippen MR) is 95.9 cm³/mol. The first-order valence-corrected chi connectivity index (χ1v) is 8.78. The van der Waals surface area contributed by atoms with E-state index in [0.29, 0.717) is 18.6 Å². The second-order valence-corrected chi connectivity index (χ2v) is 6.56. The summed E-state index contributed by atoms with van der Waals surface area (Å²) < 4.78 is 16.6. The number of rotatable bonds is 9. The third-order valence-electron chi connectivity index (χ3n) is 4.32. The lowest BCUT2D eigenvalue weighted by molar-refractivity contribution is 0.256. The van der Waals surface area contributed by atoms with Gasteiger partial charge in [-0.1, -0.05) is 44.5 Å². The van der Waals surface area contributed by atoms with Gasteiger partial charge in [-0.15, -0.1) is 0 Å². The molecule has 0 bridgehead atoms. The molecular weight excluding hydrogens is 300 g/mol. The average Bonchev–Trinajstić information content (AvgIpc) is 3.45. The number of ether oxygens (including phenoxy) is 3. The van der Waals surface area contributed by atoms with Crippen LogP contribution in [0.5, 0.6) is 11.5 Å². The Morgan fingerprint density at radius 2 is 1.50 bits per heavy atom. The summed E-state index contributed by atoms with van der Waals surface area (Å²) >= 11 is 0. The van der Waals surface area contributed by atoms with Gasteiger partial charge in [0.1, 0.15) is 24.2 Å². The second kappa shape index (κ2) is 8.20. The Labute approximate surface area is 144 Å². The molecule has 0 radical (unpaired) electrons. The summed E-state index contributed by atoms with van der Waals surface area (Å²) in [7, 11) is 0. The smallest absolute Gasteiger partial charge is 0.119 e. The van der Waals surface area contributed by atoms with Gasteiger partial charge in [0.15, 0.2) is 0 Å². The largest absolute Gasteiger partial charge is 0.493 e. The van der Waals surface area contributed by atoms with Crippen molar-refractivity contribution in [3.05, 3.63) is 59.7 Å². The number of hydrogen-bond donors (Lipinski definition) is 0. The molecule has 0 spiro atoms. The molecule has 1 aliphatic heterocycles. The van der Waals surface area contributed by atoms with Gasteiger partial charge in [-0.25, -0.2) is 0 Å². The van der Waals surface area contributed by atoms with Crippen LogP contribution in [0.4, 0.5) is 0 Å². The molecule has 1 heterocycles. The highest BCUT2D eigenvalue weighted by molar-refractivity contribution is 5.34. The van der Waals surface area contributed by atoms with Crippen LogP contribution >= 0.6 is 0 Å². The summed E-state index contributed by atoms with van der Waals surface area (Å²) in [6, 6.07) is 16.7. The average molecular weight is 326 g/mol. The van der Waals surface area contributed by atoms with Crippen LogP contribution < -0.4 is 9.47 Å². The van der Waals surface area contributed by atoms with Crippen molar-refractivity contribution in [3.63, 3.8) is 0 Å². The van der Waals surface area contributed by atoms with Crippen molar-refractivity contribution in [1.29, 1.82) is 0 Å². The lowest BCUT2D eigenvalue weighted by atomic mass is 10.0. The van der Waals surface area contributed by atoms with Crippen LogP contribution in [-0.4, -0.2) is 25.9 Å². The summed E-state index contributed by atoms with van der Waals surface area (Å²) in [6.07, 6.45) is 2.36. The highest BCUT2D eigenvalue weighted by atomic mass is 16.6. The molecule has 3 heteroatoms. The van der Waals surface area contributed by atoms with Crippen LogP contribution in [0.1, 0.15) is 31.4 Å². The van der Waals surface area contributed by atoms with E-state index in [1.54, 1.807) is 0 Å². The summed E-state index contributed by atoms with van der Waals surface area (Å²) in [4.78, 5) is 0. The maximum absolute atomic E-state index is 5.80. The van der Waals surface area contributed by atoms with E-state index < -0.39 is 0 Å². The standard InChI is InChI=1S/C21H26O3/c1-3-16(2)13-22-19-8-4-17(5-9-19)12-18-6-10-20(11-7-18)23-14-21-15-24-21/h4-11,16,21H,3,12-15H2,1-2H3. The number of hydrogen-bond acceptors (Lipinski definition) is 3. The first-order valence-electron chi connectivity index (χ1n) is 8.78. The number of epoxide rings is 1. The fourth-order valence-corrected chi connectivity index (χ4v) is 2.35. The van der Waals surface area contributed by atoms with Crippen LogP contribution in [0.3, 0.4) is 0 Å². The van der Waals surface area contributed by atoms with Crippen LogP contribution in [0.15, 0.2) is 48.5 Å². The van der Waals surface area contributed by atoms with Gasteiger partial charge in [-0.3, -0.25) is 0 Å². The molecule has 24 heavy (non-hydrogen) atoms. The van der Waals surface area contributed by atoms with Crippen molar-refractivity contribution in [2.24, 2.45) is 5.92 Å². The lowest BCUT2D eigenvalue weighted by Gasteiger charge is -2.11. The molecular formula is C21H26O3. The molecule has 0 saturated carbocycles. The molecule has 1 aliphatic rings. The molecule has 0 aromatic heterocycles. The maximum atomic E-state index is 5.80. The molecule has 1 fully saturated rings. The van der Waals surface area contributed by atoms with Crippen LogP contribution in [0.25, 0.3) is 0 Å². The topological polar surface area (TPSA) is 31.0 Å². The quantitative estimate of drug-likeness (QED) is 0.637. The molecule has 2 unspecified atom stereocenters. The SMILES string of the molecule is CCC(C)COc1ccc(Cc2ccc(OCC3CO3)cc2)cc1. The molecule has 3 nitrogen and oxygen atoms in total. The fraction of sp³-hybridized carbons (Fsp3) is 0.429. The van der Waals surface area contributed by atoms with Crippen molar-refractivity contribution in [2.45, 2.75) is 32.8 Å². The first-order chi connectivity index (χ1) is 11.7. The minimum Gasteiger partial charge on any atom is -0.493 e. The zero-order valence-electron chi connectivity index (χ0n) is 14.5. The lowest BCUT2D eigenvalue weighted by Crippen LogP contribution is -2.07. The Kier molecular flexibility index (Phi) is 5.76. The monoisotopic (exact) mass is 326 g/mol. The van der Waals surface area contributed by atoms with E-state index in [0.717, 1.165) is 37.6 Å². The van der Waals surface area contributed by atoms with Gasteiger partial charge < -0.3 is 14.2 Å². The van der Waals surface area contributed by atoms with Gasteiger partial charge in [-0.05, 0) is 47.7 Å². The van der Waals surface area contributed by atoms with Gasteiger partial charge in [0.05, 0.1) is 13.2 Å². The molecule has 0 N–H and O–H groups in total. The van der Waals surface area contributed by atoms with E-state index in [2.05, 4.69) is 50.2 Å². The minimum absolute atomic E-state index is 0.297. The molecule has 2 aromatic rings. The fourth-order valence-electron chi connectivity index (χ4n) is 2.35. The zero-order valence-corrected chi connectivity index (χ0v) is 14.5. The van der Waals surface area contributed by atoms with E-state index in [9.17, 15) is 0 Å². The van der Waals surface area contributed by atoms with Crippen molar-refractivity contribution >= 4 is 0 Å². The van der Waals surface area contributed by atoms with Gasteiger partial charge in [0.2, 0.25) is 0 Å². The van der Waals surface area contributed by atoms with E-state index in [4.69, 9.17) is 14.2 Å². The van der Waals surface area contributed by atoms with Gasteiger partial charge in [0.25, 0.3) is 0 Å². The Hall–Kier alpha value is -2.00. The summed E-state index contributed by atoms with van der Waals surface area (Å²) in [6.45, 7) is 6.66. The Bertz CT molecular complexity index is 615. The van der Waals surface area contributed by atoms with Crippen molar-refractivity contribution in [1.82, 2.24) is 0 Å². The van der Waals surface area contributed by atoms with E-state index in [1.165, 1.54) is 11.1 Å². The van der Waals surface area contributed by atoms with E-state index in [1.807, 2.05) is 12.1 Å². The molecule has 0 amide bonds. The third kappa shape index (κ3) is 5.27. The summed E-state index contributed by atoms with van der Waals surface area (Å²) in [5, 5.41) is 0. The van der Waals surface area contributed by atoms with E-state index in [-0.39, 0.29) is 0 Å².